The molecule has 12 heavy (non-hydrogen) atoms. The predicted octanol–water partition coefficient (Wildman–Crippen LogP) is 2.51. The number of fused-ring (bicyclic) bond motifs is 1. The zero-order chi connectivity index (χ0) is 8.55. The molecule has 0 bridgehead atoms. The predicted molar refractivity (Wildman–Crippen MR) is 41.7 cm³/mol. The Kier molecular flexibility index (Phi) is 1.50. The normalized spacial score (nSPS) is 10.5. The lowest BCUT2D eigenvalue weighted by Crippen LogP contribution is -1.82. The van der Waals surface area contributed by atoms with Gasteiger partial charge in [-0.25, -0.2) is 8.78 Å². The van der Waals surface area contributed by atoms with Crippen molar-refractivity contribution in [3.8, 4) is 0 Å². The average Bonchev–Trinajstić information content (AvgIpc) is 2.05. The highest BCUT2D eigenvalue weighted by Gasteiger charge is 1.97. The molecule has 0 amide bonds. The molecular formula is C9H5F2N. The summed E-state index contributed by atoms with van der Waals surface area (Å²) in [6.45, 7) is 0. The van der Waals surface area contributed by atoms with Gasteiger partial charge in [0.1, 0.15) is 11.6 Å². The van der Waals surface area contributed by atoms with Crippen molar-refractivity contribution < 1.29 is 8.78 Å². The Balaban J connectivity index is 2.79. The second-order valence-electron chi connectivity index (χ2n) is 2.49. The molecule has 0 saturated heterocycles. The van der Waals surface area contributed by atoms with E-state index in [9.17, 15) is 8.78 Å². The van der Waals surface area contributed by atoms with Crippen molar-refractivity contribution >= 4 is 10.9 Å². The Morgan fingerprint density at radius 2 is 1.83 bits per heavy atom. The first-order chi connectivity index (χ1) is 5.75. The number of hydrogen-bond acceptors (Lipinski definition) is 1. The summed E-state index contributed by atoms with van der Waals surface area (Å²) in [5.74, 6) is -0.768. The maximum atomic E-state index is 12.6. The SMILES string of the molecule is Fc1cnc2cc(F)ccc2c1. The molecule has 0 saturated carbocycles. The molecule has 0 aliphatic carbocycles. The summed E-state index contributed by atoms with van der Waals surface area (Å²) in [7, 11) is 0. The highest BCUT2D eigenvalue weighted by atomic mass is 19.1. The minimum atomic E-state index is -0.408. The first-order valence-electron chi connectivity index (χ1n) is 3.46. The third kappa shape index (κ3) is 1.13. The van der Waals surface area contributed by atoms with Gasteiger partial charge in [0.25, 0.3) is 0 Å². The van der Waals surface area contributed by atoms with Crippen LogP contribution in [0.1, 0.15) is 0 Å². The molecule has 1 aromatic carbocycles. The maximum absolute atomic E-state index is 12.6. The van der Waals surface area contributed by atoms with Crippen molar-refractivity contribution in [3.05, 3.63) is 42.1 Å². The van der Waals surface area contributed by atoms with Crippen LogP contribution in [0.3, 0.4) is 0 Å². The number of pyridine rings is 1. The van der Waals surface area contributed by atoms with Crippen LogP contribution in [-0.2, 0) is 0 Å². The standard InChI is InChI=1S/C9H5F2N/c10-7-2-1-6-3-8(11)5-12-9(6)4-7/h1-5H. The van der Waals surface area contributed by atoms with Crippen LogP contribution in [0.15, 0.2) is 30.5 Å². The van der Waals surface area contributed by atoms with Crippen LogP contribution in [0.25, 0.3) is 10.9 Å². The lowest BCUT2D eigenvalue weighted by molar-refractivity contribution is 0.621. The van der Waals surface area contributed by atoms with Gasteiger partial charge in [-0.1, -0.05) is 0 Å². The molecule has 0 fully saturated rings. The van der Waals surface area contributed by atoms with E-state index in [1.165, 1.54) is 24.3 Å². The van der Waals surface area contributed by atoms with Gasteiger partial charge in [-0.15, -0.1) is 0 Å². The van der Waals surface area contributed by atoms with Crippen LogP contribution in [0.5, 0.6) is 0 Å². The number of benzene rings is 1. The largest absolute Gasteiger partial charge is 0.253 e. The number of aromatic nitrogens is 1. The molecule has 0 N–H and O–H groups in total. The van der Waals surface area contributed by atoms with E-state index in [1.54, 1.807) is 0 Å². The van der Waals surface area contributed by atoms with E-state index in [0.29, 0.717) is 10.9 Å². The first kappa shape index (κ1) is 7.16. The molecule has 0 aliphatic heterocycles. The summed E-state index contributed by atoms with van der Waals surface area (Å²) in [5, 5.41) is 0.608. The Hall–Kier alpha value is -1.51. The molecule has 60 valence electrons. The fraction of sp³-hybridized carbons (Fsp3) is 0. The second kappa shape index (κ2) is 2.52. The minimum absolute atomic E-state index is 0.360. The third-order valence-electron chi connectivity index (χ3n) is 1.61. The second-order valence-corrected chi connectivity index (χ2v) is 2.49. The topological polar surface area (TPSA) is 12.9 Å². The molecule has 1 aromatic heterocycles. The smallest absolute Gasteiger partial charge is 0.142 e. The van der Waals surface area contributed by atoms with Crippen LogP contribution in [0.2, 0.25) is 0 Å². The average molecular weight is 165 g/mol. The van der Waals surface area contributed by atoms with E-state index in [-0.39, 0.29) is 5.82 Å². The van der Waals surface area contributed by atoms with Gasteiger partial charge in [0.15, 0.2) is 0 Å². The van der Waals surface area contributed by atoms with Crippen molar-refractivity contribution in [1.82, 2.24) is 4.98 Å². The molecule has 2 rings (SSSR count). The van der Waals surface area contributed by atoms with E-state index in [0.717, 1.165) is 6.20 Å². The molecule has 1 heterocycles. The van der Waals surface area contributed by atoms with Gasteiger partial charge >= 0.3 is 0 Å². The number of hydrogen-bond donors (Lipinski definition) is 0. The van der Waals surface area contributed by atoms with Gasteiger partial charge in [0.2, 0.25) is 0 Å². The Morgan fingerprint density at radius 3 is 2.67 bits per heavy atom. The number of nitrogens with zero attached hydrogens (tertiary/aromatic N) is 1. The van der Waals surface area contributed by atoms with Crippen LogP contribution >= 0.6 is 0 Å². The van der Waals surface area contributed by atoms with Crippen LogP contribution in [0, 0.1) is 11.6 Å². The van der Waals surface area contributed by atoms with E-state index in [4.69, 9.17) is 0 Å². The van der Waals surface area contributed by atoms with Crippen LogP contribution < -0.4 is 0 Å². The summed E-state index contributed by atoms with van der Waals surface area (Å²) in [6.07, 6.45) is 1.07. The molecule has 0 unspecified atom stereocenters. The van der Waals surface area contributed by atoms with Gasteiger partial charge < -0.3 is 0 Å². The van der Waals surface area contributed by atoms with E-state index >= 15 is 0 Å². The Labute approximate surface area is 67.7 Å². The Morgan fingerprint density at radius 1 is 1.00 bits per heavy atom. The highest BCUT2D eigenvalue weighted by Crippen LogP contribution is 2.13. The van der Waals surface area contributed by atoms with Crippen molar-refractivity contribution in [3.63, 3.8) is 0 Å². The summed E-state index contributed by atoms with van der Waals surface area (Å²) < 4.78 is 25.2. The Bertz CT molecular complexity index is 385. The van der Waals surface area contributed by atoms with Gasteiger partial charge in [-0.3, -0.25) is 4.98 Å². The number of halogens is 2. The quantitative estimate of drug-likeness (QED) is 0.584. The van der Waals surface area contributed by atoms with Gasteiger partial charge in [0, 0.05) is 11.5 Å². The number of rotatable bonds is 0. The van der Waals surface area contributed by atoms with Crippen molar-refractivity contribution in [1.29, 1.82) is 0 Å². The lowest BCUT2D eigenvalue weighted by Gasteiger charge is -1.95. The fourth-order valence-corrected chi connectivity index (χ4v) is 1.07. The van der Waals surface area contributed by atoms with Crippen LogP contribution in [-0.4, -0.2) is 4.98 Å². The highest BCUT2D eigenvalue weighted by molar-refractivity contribution is 5.78. The van der Waals surface area contributed by atoms with Gasteiger partial charge in [-0.2, -0.15) is 0 Å². The minimum Gasteiger partial charge on any atom is -0.253 e. The summed E-state index contributed by atoms with van der Waals surface area (Å²) >= 11 is 0. The van der Waals surface area contributed by atoms with Crippen molar-refractivity contribution in [2.45, 2.75) is 0 Å². The van der Waals surface area contributed by atoms with E-state index in [1.807, 2.05) is 0 Å². The summed E-state index contributed by atoms with van der Waals surface area (Å²) in [5.41, 5.74) is 0.469. The molecule has 0 radical (unpaired) electrons. The summed E-state index contributed by atoms with van der Waals surface area (Å²) in [6, 6.07) is 5.38. The van der Waals surface area contributed by atoms with Gasteiger partial charge in [-0.05, 0) is 18.2 Å². The van der Waals surface area contributed by atoms with Gasteiger partial charge in [0.05, 0.1) is 11.7 Å². The van der Waals surface area contributed by atoms with E-state index < -0.39 is 5.82 Å². The third-order valence-corrected chi connectivity index (χ3v) is 1.61. The van der Waals surface area contributed by atoms with E-state index in [2.05, 4.69) is 4.98 Å². The molecule has 2 aromatic rings. The molecule has 3 heteroatoms. The first-order valence-corrected chi connectivity index (χ1v) is 3.46. The maximum Gasteiger partial charge on any atom is 0.142 e. The molecule has 1 nitrogen and oxygen atoms in total. The monoisotopic (exact) mass is 165 g/mol. The van der Waals surface area contributed by atoms with Crippen molar-refractivity contribution in [2.24, 2.45) is 0 Å². The fourth-order valence-electron chi connectivity index (χ4n) is 1.07. The van der Waals surface area contributed by atoms with Crippen molar-refractivity contribution in [2.75, 3.05) is 0 Å². The molecule has 0 atom stereocenters. The molecule has 0 aliphatic rings. The zero-order valence-electron chi connectivity index (χ0n) is 6.09. The molecule has 0 spiro atoms. The molecular weight excluding hydrogens is 160 g/mol. The van der Waals surface area contributed by atoms with Crippen LogP contribution in [0.4, 0.5) is 8.78 Å². The lowest BCUT2D eigenvalue weighted by atomic mass is 10.2. The zero-order valence-corrected chi connectivity index (χ0v) is 6.09. The summed E-state index contributed by atoms with van der Waals surface area (Å²) in [4.78, 5) is 3.73.